The standard InChI is InChI=1S/C15H21N3O2S/c1-10-3-4-13(21-10)9-16-14(12-5-7-19-8-6-12)15-17-11(2)18-20-15/h3-4,12,14,16H,5-9H2,1-2H3/t14-/m0/s1. The van der Waals surface area contributed by atoms with E-state index in [1.54, 1.807) is 0 Å². The molecule has 1 atom stereocenters. The van der Waals surface area contributed by atoms with Crippen LogP contribution < -0.4 is 5.32 Å². The van der Waals surface area contributed by atoms with Gasteiger partial charge in [0.15, 0.2) is 5.82 Å². The van der Waals surface area contributed by atoms with Crippen LogP contribution >= 0.6 is 11.3 Å². The van der Waals surface area contributed by atoms with Crippen molar-refractivity contribution in [2.75, 3.05) is 13.2 Å². The lowest BCUT2D eigenvalue weighted by atomic mass is 9.91. The molecule has 21 heavy (non-hydrogen) atoms. The van der Waals surface area contributed by atoms with Gasteiger partial charge in [0.25, 0.3) is 0 Å². The van der Waals surface area contributed by atoms with Crippen molar-refractivity contribution >= 4 is 11.3 Å². The molecular formula is C15H21N3O2S. The molecule has 0 unspecified atom stereocenters. The Hall–Kier alpha value is -1.24. The zero-order valence-electron chi connectivity index (χ0n) is 12.5. The zero-order chi connectivity index (χ0) is 14.7. The summed E-state index contributed by atoms with van der Waals surface area (Å²) in [6.45, 7) is 6.45. The molecule has 0 aromatic carbocycles. The van der Waals surface area contributed by atoms with Crippen LogP contribution in [0, 0.1) is 19.8 Å². The number of aryl methyl sites for hydroxylation is 2. The van der Waals surface area contributed by atoms with Gasteiger partial charge in [-0.15, -0.1) is 11.3 Å². The van der Waals surface area contributed by atoms with Crippen LogP contribution in [-0.4, -0.2) is 23.4 Å². The number of ether oxygens (including phenoxy) is 1. The first-order valence-electron chi connectivity index (χ1n) is 7.39. The predicted molar refractivity (Wildman–Crippen MR) is 81.2 cm³/mol. The Balaban J connectivity index is 1.71. The Morgan fingerprint density at radius 3 is 2.76 bits per heavy atom. The van der Waals surface area contributed by atoms with E-state index in [1.165, 1.54) is 9.75 Å². The van der Waals surface area contributed by atoms with Crippen LogP contribution in [-0.2, 0) is 11.3 Å². The molecule has 3 heterocycles. The second-order valence-electron chi connectivity index (χ2n) is 5.50. The molecule has 6 heteroatoms. The molecule has 0 aliphatic carbocycles. The van der Waals surface area contributed by atoms with Crippen LogP contribution in [0.5, 0.6) is 0 Å². The monoisotopic (exact) mass is 307 g/mol. The number of hydrogen-bond donors (Lipinski definition) is 1. The lowest BCUT2D eigenvalue weighted by Crippen LogP contribution is -2.32. The molecule has 2 aromatic rings. The average molecular weight is 307 g/mol. The van der Waals surface area contributed by atoms with Crippen LogP contribution in [0.15, 0.2) is 16.7 Å². The maximum atomic E-state index is 5.46. The molecule has 0 radical (unpaired) electrons. The molecule has 3 rings (SSSR count). The molecule has 1 aliphatic rings. The molecule has 1 fully saturated rings. The third-order valence-corrected chi connectivity index (χ3v) is 4.84. The molecule has 1 N–H and O–H groups in total. The fourth-order valence-corrected chi connectivity index (χ4v) is 3.58. The van der Waals surface area contributed by atoms with Gasteiger partial charge in [0.2, 0.25) is 5.89 Å². The third-order valence-electron chi connectivity index (χ3n) is 3.84. The molecular weight excluding hydrogens is 286 g/mol. The topological polar surface area (TPSA) is 60.2 Å². The van der Waals surface area contributed by atoms with Crippen LogP contribution in [0.2, 0.25) is 0 Å². The van der Waals surface area contributed by atoms with E-state index in [0.717, 1.165) is 32.6 Å². The third kappa shape index (κ3) is 3.70. The van der Waals surface area contributed by atoms with Crippen molar-refractivity contribution in [3.63, 3.8) is 0 Å². The smallest absolute Gasteiger partial charge is 0.244 e. The second-order valence-corrected chi connectivity index (χ2v) is 6.87. The molecule has 0 bridgehead atoms. The summed E-state index contributed by atoms with van der Waals surface area (Å²) in [7, 11) is 0. The van der Waals surface area contributed by atoms with E-state index in [-0.39, 0.29) is 6.04 Å². The minimum absolute atomic E-state index is 0.109. The molecule has 0 spiro atoms. The summed E-state index contributed by atoms with van der Waals surface area (Å²) in [6, 6.07) is 4.44. The number of nitrogens with zero attached hydrogens (tertiary/aromatic N) is 2. The number of rotatable bonds is 5. The van der Waals surface area contributed by atoms with E-state index in [9.17, 15) is 0 Å². The minimum atomic E-state index is 0.109. The van der Waals surface area contributed by atoms with Gasteiger partial charge in [-0.1, -0.05) is 5.16 Å². The van der Waals surface area contributed by atoms with E-state index in [2.05, 4.69) is 34.5 Å². The largest absolute Gasteiger partial charge is 0.381 e. The Labute approximate surface area is 128 Å². The van der Waals surface area contributed by atoms with Crippen LogP contribution in [0.4, 0.5) is 0 Å². The molecule has 0 amide bonds. The van der Waals surface area contributed by atoms with Crippen molar-refractivity contribution < 1.29 is 9.26 Å². The van der Waals surface area contributed by atoms with Crippen LogP contribution in [0.1, 0.15) is 40.4 Å². The fourth-order valence-electron chi connectivity index (χ4n) is 2.73. The first-order chi connectivity index (χ1) is 10.2. The van der Waals surface area contributed by atoms with Gasteiger partial charge in [0.1, 0.15) is 0 Å². The predicted octanol–water partition coefficient (Wildman–Crippen LogP) is 3.01. The average Bonchev–Trinajstić information content (AvgIpc) is 3.09. The Morgan fingerprint density at radius 1 is 1.33 bits per heavy atom. The van der Waals surface area contributed by atoms with Gasteiger partial charge in [0, 0.05) is 29.5 Å². The van der Waals surface area contributed by atoms with Crippen molar-refractivity contribution in [1.82, 2.24) is 15.5 Å². The summed E-state index contributed by atoms with van der Waals surface area (Å²) in [5.74, 6) is 1.88. The van der Waals surface area contributed by atoms with E-state index >= 15 is 0 Å². The Bertz CT molecular complexity index is 575. The highest BCUT2D eigenvalue weighted by Gasteiger charge is 2.29. The van der Waals surface area contributed by atoms with Crippen molar-refractivity contribution in [3.8, 4) is 0 Å². The van der Waals surface area contributed by atoms with Gasteiger partial charge in [-0.05, 0) is 44.7 Å². The SMILES string of the molecule is Cc1noc([C@@H](NCc2ccc(C)s2)C2CCOCC2)n1. The molecule has 2 aromatic heterocycles. The van der Waals surface area contributed by atoms with Crippen LogP contribution in [0.25, 0.3) is 0 Å². The van der Waals surface area contributed by atoms with Gasteiger partial charge < -0.3 is 14.6 Å². The summed E-state index contributed by atoms with van der Waals surface area (Å²) >= 11 is 1.82. The summed E-state index contributed by atoms with van der Waals surface area (Å²) in [5.41, 5.74) is 0. The van der Waals surface area contributed by atoms with E-state index in [4.69, 9.17) is 9.26 Å². The van der Waals surface area contributed by atoms with E-state index < -0.39 is 0 Å². The lowest BCUT2D eigenvalue weighted by molar-refractivity contribution is 0.0486. The second kappa shape index (κ2) is 6.68. The molecule has 114 valence electrons. The van der Waals surface area contributed by atoms with Crippen molar-refractivity contribution in [2.24, 2.45) is 5.92 Å². The first-order valence-corrected chi connectivity index (χ1v) is 8.20. The highest BCUT2D eigenvalue weighted by molar-refractivity contribution is 7.11. The van der Waals surface area contributed by atoms with E-state index in [1.807, 2.05) is 18.3 Å². The van der Waals surface area contributed by atoms with Gasteiger partial charge in [-0.25, -0.2) is 0 Å². The maximum absolute atomic E-state index is 5.46. The molecule has 0 saturated carbocycles. The zero-order valence-corrected chi connectivity index (χ0v) is 13.3. The Kier molecular flexibility index (Phi) is 4.67. The van der Waals surface area contributed by atoms with E-state index in [0.29, 0.717) is 17.6 Å². The van der Waals surface area contributed by atoms with Gasteiger partial charge in [-0.3, -0.25) is 0 Å². The summed E-state index contributed by atoms with van der Waals surface area (Å²) in [5, 5.41) is 7.54. The molecule has 1 aliphatic heterocycles. The molecule has 1 saturated heterocycles. The highest BCUT2D eigenvalue weighted by Crippen LogP contribution is 2.30. The number of hydrogen-bond acceptors (Lipinski definition) is 6. The first kappa shape index (κ1) is 14.7. The summed E-state index contributed by atoms with van der Waals surface area (Å²) in [6.07, 6.45) is 2.06. The van der Waals surface area contributed by atoms with Crippen molar-refractivity contribution in [1.29, 1.82) is 0 Å². The van der Waals surface area contributed by atoms with Gasteiger partial charge in [-0.2, -0.15) is 4.98 Å². The van der Waals surface area contributed by atoms with Crippen LogP contribution in [0.3, 0.4) is 0 Å². The molecule has 5 nitrogen and oxygen atoms in total. The number of thiophene rings is 1. The highest BCUT2D eigenvalue weighted by atomic mass is 32.1. The fraction of sp³-hybridized carbons (Fsp3) is 0.600. The lowest BCUT2D eigenvalue weighted by Gasteiger charge is -2.28. The van der Waals surface area contributed by atoms with Crippen molar-refractivity contribution in [3.05, 3.63) is 33.6 Å². The maximum Gasteiger partial charge on any atom is 0.244 e. The normalized spacial score (nSPS) is 18.0. The summed E-state index contributed by atoms with van der Waals surface area (Å²) < 4.78 is 10.9. The Morgan fingerprint density at radius 2 is 2.14 bits per heavy atom. The van der Waals surface area contributed by atoms with Gasteiger partial charge >= 0.3 is 0 Å². The minimum Gasteiger partial charge on any atom is -0.381 e. The summed E-state index contributed by atoms with van der Waals surface area (Å²) in [4.78, 5) is 7.10. The van der Waals surface area contributed by atoms with Crippen molar-refractivity contribution in [2.45, 2.75) is 39.3 Å². The number of nitrogens with one attached hydrogen (secondary N) is 1. The quantitative estimate of drug-likeness (QED) is 0.920. The number of aromatic nitrogens is 2. The van der Waals surface area contributed by atoms with Gasteiger partial charge in [0.05, 0.1) is 6.04 Å².